The molecule has 0 aliphatic carbocycles. The summed E-state index contributed by atoms with van der Waals surface area (Å²) in [6, 6.07) is 11.7. The first kappa shape index (κ1) is 18.6. The molecule has 0 saturated carbocycles. The molecule has 7 heteroatoms. The van der Waals surface area contributed by atoms with Crippen molar-refractivity contribution in [1.29, 1.82) is 0 Å². The third-order valence-corrected chi connectivity index (χ3v) is 5.03. The van der Waals surface area contributed by atoms with Gasteiger partial charge in [-0.2, -0.15) is 5.10 Å². The van der Waals surface area contributed by atoms with Crippen molar-refractivity contribution >= 4 is 0 Å². The van der Waals surface area contributed by atoms with Gasteiger partial charge in [-0.1, -0.05) is 18.2 Å². The Balaban J connectivity index is 1.48. The predicted octanol–water partition coefficient (Wildman–Crippen LogP) is 2.27. The first-order valence-electron chi connectivity index (χ1n) is 9.62. The maximum atomic E-state index is 12.1. The van der Waals surface area contributed by atoms with Gasteiger partial charge in [-0.3, -0.25) is 9.48 Å². The average Bonchev–Trinajstić information content (AvgIpc) is 3.40. The number of hydrogen-bond acceptors (Lipinski definition) is 5. The highest BCUT2D eigenvalue weighted by atomic mass is 16.5. The molecule has 1 unspecified atom stereocenters. The predicted molar refractivity (Wildman–Crippen MR) is 107 cm³/mol. The second-order valence-electron chi connectivity index (χ2n) is 7.29. The van der Waals surface area contributed by atoms with Gasteiger partial charge in [0.1, 0.15) is 5.82 Å². The molecule has 1 aliphatic rings. The topological polar surface area (TPSA) is 76.0 Å². The molecule has 28 heavy (non-hydrogen) atoms. The summed E-state index contributed by atoms with van der Waals surface area (Å²) in [6.07, 6.45) is 4.68. The van der Waals surface area contributed by atoms with E-state index in [1.807, 2.05) is 29.1 Å². The molecule has 1 N–H and O–H groups in total. The lowest BCUT2D eigenvalue weighted by molar-refractivity contribution is 0.193. The summed E-state index contributed by atoms with van der Waals surface area (Å²) < 4.78 is 7.38. The quantitative estimate of drug-likeness (QED) is 0.682. The number of nitrogens with zero attached hydrogens (tertiary/aromatic N) is 4. The van der Waals surface area contributed by atoms with Crippen LogP contribution in [0.5, 0.6) is 0 Å². The number of likely N-dealkylation sites (N-methyl/N-ethyl adjacent to an activating group) is 1. The van der Waals surface area contributed by atoms with Crippen LogP contribution in [0.3, 0.4) is 0 Å². The maximum absolute atomic E-state index is 12.1. The van der Waals surface area contributed by atoms with Gasteiger partial charge in [0.2, 0.25) is 0 Å². The Bertz CT molecular complexity index is 961. The lowest BCUT2D eigenvalue weighted by Gasteiger charge is -2.17. The highest BCUT2D eigenvalue weighted by Gasteiger charge is 2.20. The first-order chi connectivity index (χ1) is 13.7. The highest BCUT2D eigenvalue weighted by molar-refractivity contribution is 5.56. The van der Waals surface area contributed by atoms with E-state index in [1.54, 1.807) is 12.3 Å². The SMILES string of the molecule is CN(CCn1cccn1)Cc1cccc(-c2nc(C3CCOC3)cc(=O)[nH]2)c1. The normalized spacial score (nSPS) is 16.7. The van der Waals surface area contributed by atoms with E-state index in [0.29, 0.717) is 12.4 Å². The largest absolute Gasteiger partial charge is 0.381 e. The van der Waals surface area contributed by atoms with Crippen molar-refractivity contribution in [2.24, 2.45) is 0 Å². The van der Waals surface area contributed by atoms with Crippen molar-refractivity contribution in [1.82, 2.24) is 24.6 Å². The second kappa shape index (κ2) is 8.50. The van der Waals surface area contributed by atoms with Gasteiger partial charge in [0, 0.05) is 49.6 Å². The van der Waals surface area contributed by atoms with Crippen LogP contribution in [0, 0.1) is 0 Å². The van der Waals surface area contributed by atoms with Crippen LogP contribution in [0.15, 0.2) is 53.6 Å². The molecule has 1 fully saturated rings. The number of nitrogens with one attached hydrogen (secondary N) is 1. The van der Waals surface area contributed by atoms with Crippen molar-refractivity contribution in [2.45, 2.75) is 25.4 Å². The number of hydrogen-bond donors (Lipinski definition) is 1. The van der Waals surface area contributed by atoms with Crippen LogP contribution >= 0.6 is 0 Å². The molecule has 0 amide bonds. The van der Waals surface area contributed by atoms with E-state index in [-0.39, 0.29) is 11.5 Å². The minimum absolute atomic E-state index is 0.117. The van der Waals surface area contributed by atoms with Crippen LogP contribution < -0.4 is 5.56 Å². The third-order valence-electron chi connectivity index (χ3n) is 5.03. The number of H-pyrrole nitrogens is 1. The molecule has 1 aromatic carbocycles. The van der Waals surface area contributed by atoms with E-state index in [1.165, 1.54) is 5.56 Å². The molecule has 7 nitrogen and oxygen atoms in total. The Labute approximate surface area is 164 Å². The van der Waals surface area contributed by atoms with Gasteiger partial charge >= 0.3 is 0 Å². The molecule has 0 bridgehead atoms. The van der Waals surface area contributed by atoms with Crippen molar-refractivity contribution in [3.05, 3.63) is 70.4 Å². The molecule has 0 radical (unpaired) electrons. The molecular formula is C21H25N5O2. The van der Waals surface area contributed by atoms with Crippen molar-refractivity contribution in [3.63, 3.8) is 0 Å². The number of ether oxygens (including phenoxy) is 1. The molecule has 3 aromatic rings. The summed E-state index contributed by atoms with van der Waals surface area (Å²) >= 11 is 0. The summed E-state index contributed by atoms with van der Waals surface area (Å²) in [7, 11) is 2.09. The standard InChI is InChI=1S/C21H25N5O2/c1-25(9-10-26-8-3-7-22-26)14-16-4-2-5-17(12-16)21-23-19(13-20(27)24-21)18-6-11-28-15-18/h2-5,7-8,12-13,18H,6,9-11,14-15H2,1H3,(H,23,24,27). The van der Waals surface area contributed by atoms with E-state index in [2.05, 4.69) is 34.2 Å². The average molecular weight is 379 g/mol. The lowest BCUT2D eigenvalue weighted by atomic mass is 10.0. The van der Waals surface area contributed by atoms with Crippen LogP contribution in [-0.4, -0.2) is 51.5 Å². The lowest BCUT2D eigenvalue weighted by Crippen LogP contribution is -2.23. The Hall–Kier alpha value is -2.77. The summed E-state index contributed by atoms with van der Waals surface area (Å²) in [5, 5.41) is 4.24. The minimum Gasteiger partial charge on any atom is -0.381 e. The molecule has 4 rings (SSSR count). The fourth-order valence-corrected chi connectivity index (χ4v) is 3.50. The minimum atomic E-state index is -0.117. The van der Waals surface area contributed by atoms with Gasteiger partial charge in [0.15, 0.2) is 0 Å². The molecule has 1 atom stereocenters. The zero-order valence-corrected chi connectivity index (χ0v) is 16.0. The molecule has 2 aromatic heterocycles. The Kier molecular flexibility index (Phi) is 5.64. The second-order valence-corrected chi connectivity index (χ2v) is 7.29. The molecule has 0 spiro atoms. The third kappa shape index (κ3) is 4.55. The van der Waals surface area contributed by atoms with E-state index in [4.69, 9.17) is 9.72 Å². The number of benzene rings is 1. The van der Waals surface area contributed by atoms with Gasteiger partial charge in [-0.05, 0) is 31.2 Å². The molecule has 1 saturated heterocycles. The Morgan fingerprint density at radius 2 is 2.25 bits per heavy atom. The molecular weight excluding hydrogens is 354 g/mol. The smallest absolute Gasteiger partial charge is 0.251 e. The number of rotatable bonds is 7. The van der Waals surface area contributed by atoms with E-state index >= 15 is 0 Å². The Morgan fingerprint density at radius 3 is 3.04 bits per heavy atom. The molecule has 1 aliphatic heterocycles. The van der Waals surface area contributed by atoms with Crippen LogP contribution in [-0.2, 0) is 17.8 Å². The van der Waals surface area contributed by atoms with Gasteiger partial charge in [-0.15, -0.1) is 0 Å². The van der Waals surface area contributed by atoms with Crippen molar-refractivity contribution < 1.29 is 4.74 Å². The highest BCUT2D eigenvalue weighted by Crippen LogP contribution is 2.24. The number of aromatic nitrogens is 4. The van der Waals surface area contributed by atoms with E-state index in [0.717, 1.165) is 43.9 Å². The molecule has 3 heterocycles. The summed E-state index contributed by atoms with van der Waals surface area (Å²) in [5.41, 5.74) is 2.81. The van der Waals surface area contributed by atoms with Crippen LogP contribution in [0.4, 0.5) is 0 Å². The molecule has 146 valence electrons. The maximum Gasteiger partial charge on any atom is 0.251 e. The van der Waals surface area contributed by atoms with Crippen LogP contribution in [0.25, 0.3) is 11.4 Å². The van der Waals surface area contributed by atoms with Crippen molar-refractivity contribution in [3.8, 4) is 11.4 Å². The van der Waals surface area contributed by atoms with Gasteiger partial charge < -0.3 is 14.6 Å². The Morgan fingerprint density at radius 1 is 1.32 bits per heavy atom. The summed E-state index contributed by atoms with van der Waals surface area (Å²) in [5.74, 6) is 0.827. The van der Waals surface area contributed by atoms with E-state index in [9.17, 15) is 4.79 Å². The summed E-state index contributed by atoms with van der Waals surface area (Å²) in [6.45, 7) is 3.93. The van der Waals surface area contributed by atoms with Gasteiger partial charge in [0.05, 0.1) is 18.8 Å². The summed E-state index contributed by atoms with van der Waals surface area (Å²) in [4.78, 5) is 22.0. The number of aromatic amines is 1. The van der Waals surface area contributed by atoms with Gasteiger partial charge in [-0.25, -0.2) is 4.98 Å². The first-order valence-corrected chi connectivity index (χ1v) is 9.62. The zero-order valence-electron chi connectivity index (χ0n) is 16.0. The van der Waals surface area contributed by atoms with Crippen molar-refractivity contribution in [2.75, 3.05) is 26.8 Å². The fourth-order valence-electron chi connectivity index (χ4n) is 3.50. The van der Waals surface area contributed by atoms with E-state index < -0.39 is 0 Å². The monoisotopic (exact) mass is 379 g/mol. The fraction of sp³-hybridized carbons (Fsp3) is 0.381. The van der Waals surface area contributed by atoms with Crippen LogP contribution in [0.1, 0.15) is 23.6 Å². The van der Waals surface area contributed by atoms with Gasteiger partial charge in [0.25, 0.3) is 5.56 Å². The zero-order chi connectivity index (χ0) is 19.3. The van der Waals surface area contributed by atoms with Crippen LogP contribution in [0.2, 0.25) is 0 Å².